The van der Waals surface area contributed by atoms with Crippen LogP contribution in [0.25, 0.3) is 0 Å². The third-order valence-corrected chi connectivity index (χ3v) is 7.71. The Morgan fingerprint density at radius 1 is 1.03 bits per heavy atom. The molecule has 0 spiro atoms. The average Bonchev–Trinajstić information content (AvgIpc) is 3.03. The molecule has 38 heavy (non-hydrogen) atoms. The number of nitrogens with one attached hydrogen (secondary N) is 2. The molecule has 2 amide bonds. The summed E-state index contributed by atoms with van der Waals surface area (Å²) >= 11 is 0. The van der Waals surface area contributed by atoms with E-state index >= 15 is 0 Å². The van der Waals surface area contributed by atoms with E-state index in [1.54, 1.807) is 0 Å². The molecule has 0 bridgehead atoms. The minimum absolute atomic E-state index is 0.180. The molecule has 3 N–H and O–H groups in total. The maximum atomic E-state index is 12.9. The van der Waals surface area contributed by atoms with E-state index in [2.05, 4.69) is 10.6 Å². The van der Waals surface area contributed by atoms with Gasteiger partial charge in [0.25, 0.3) is 0 Å². The van der Waals surface area contributed by atoms with Gasteiger partial charge in [-0.05, 0) is 91.1 Å². The molecule has 1 atom stereocenters. The maximum absolute atomic E-state index is 12.9. The molecule has 1 aromatic carbocycles. The fourth-order valence-corrected chi connectivity index (χ4v) is 4.69. The van der Waals surface area contributed by atoms with Gasteiger partial charge in [0.1, 0.15) is 11.6 Å². The summed E-state index contributed by atoms with van der Waals surface area (Å²) in [7, 11) is -0.488. The zero-order valence-corrected chi connectivity index (χ0v) is 23.8. The van der Waals surface area contributed by atoms with Gasteiger partial charge in [0.2, 0.25) is 5.91 Å². The van der Waals surface area contributed by atoms with Crippen molar-refractivity contribution in [3.05, 3.63) is 29.8 Å². The van der Waals surface area contributed by atoms with E-state index in [1.807, 2.05) is 72.7 Å². The normalized spacial score (nSPS) is 23.4. The molecular weight excluding hydrogens is 487 g/mol. The van der Waals surface area contributed by atoms with E-state index < -0.39 is 42.0 Å². The van der Waals surface area contributed by atoms with Crippen molar-refractivity contribution in [2.45, 2.75) is 103 Å². The molecule has 1 heterocycles. The first kappa shape index (κ1) is 30.0. The van der Waals surface area contributed by atoms with Crippen LogP contribution in [0.2, 0.25) is 0 Å². The number of carbonyl (C=O) groups excluding carboxylic acids is 2. The Hall–Kier alpha value is -2.59. The number of hydrogen-bond acceptors (Lipinski definition) is 6. The molecule has 9 nitrogen and oxygen atoms in total. The first-order chi connectivity index (χ1) is 17.6. The summed E-state index contributed by atoms with van der Waals surface area (Å²) in [5.41, 5.74) is 0.234. The Balaban J connectivity index is 1.48. The van der Waals surface area contributed by atoms with Crippen LogP contribution in [0.1, 0.15) is 79.7 Å². The second-order valence-corrected chi connectivity index (χ2v) is 12.5. The lowest BCUT2D eigenvalue weighted by molar-refractivity contribution is -0.142. The van der Waals surface area contributed by atoms with E-state index in [0.29, 0.717) is 19.4 Å². The maximum Gasteiger partial charge on any atom is 0.494 e. The van der Waals surface area contributed by atoms with Crippen LogP contribution in [0.15, 0.2) is 24.3 Å². The third kappa shape index (κ3) is 7.96. The van der Waals surface area contributed by atoms with Crippen LogP contribution in [0.3, 0.4) is 0 Å². The van der Waals surface area contributed by atoms with Crippen LogP contribution in [0.5, 0.6) is 0 Å². The second kappa shape index (κ2) is 11.7. The predicted octanol–water partition coefficient (Wildman–Crippen LogP) is 3.43. The Labute approximate surface area is 226 Å². The zero-order valence-electron chi connectivity index (χ0n) is 23.8. The van der Waals surface area contributed by atoms with E-state index in [1.165, 1.54) is 0 Å². The molecule has 3 rings (SSSR count). The van der Waals surface area contributed by atoms with Crippen molar-refractivity contribution >= 4 is 30.6 Å². The Morgan fingerprint density at radius 3 is 2.08 bits per heavy atom. The highest BCUT2D eigenvalue weighted by Crippen LogP contribution is 2.36. The minimum atomic E-state index is -1.07. The molecule has 1 saturated heterocycles. The quantitative estimate of drug-likeness (QED) is 0.440. The smallest absolute Gasteiger partial charge is 0.480 e. The number of ether oxygens (including phenoxy) is 1. The Bertz CT molecular complexity index is 979. The summed E-state index contributed by atoms with van der Waals surface area (Å²) in [6.07, 6.45) is 2.62. The van der Waals surface area contributed by atoms with Gasteiger partial charge in [-0.3, -0.25) is 4.79 Å². The number of carboxylic acids is 1. The second-order valence-electron chi connectivity index (χ2n) is 12.5. The minimum Gasteiger partial charge on any atom is -0.480 e. The molecule has 1 saturated carbocycles. The number of alkyl carbamates (subject to hydrolysis) is 1. The summed E-state index contributed by atoms with van der Waals surface area (Å²) in [5, 5.41) is 15.3. The van der Waals surface area contributed by atoms with E-state index in [9.17, 15) is 19.5 Å². The molecule has 0 radical (unpaired) electrons. The van der Waals surface area contributed by atoms with Gasteiger partial charge >= 0.3 is 19.2 Å². The first-order valence-electron chi connectivity index (χ1n) is 13.5. The monoisotopic (exact) mass is 530 g/mol. The number of carbonyl (C=O) groups is 3. The number of hydrogen-bond donors (Lipinski definition) is 3. The van der Waals surface area contributed by atoms with Crippen LogP contribution in [0, 0.1) is 11.8 Å². The van der Waals surface area contributed by atoms with Crippen molar-refractivity contribution in [2.24, 2.45) is 11.8 Å². The molecular formula is C28H43BN2O7. The fraction of sp³-hybridized carbons (Fsp3) is 0.679. The Kier molecular flexibility index (Phi) is 9.19. The SMILES string of the molecule is CC(C)(C)OC(=O)NCC1CCC(C(=O)N[C@@H](Cc2ccc(B3OC(C)(C)C(C)(C)O3)cc2)C(=O)O)CC1. The highest BCUT2D eigenvalue weighted by atomic mass is 16.7. The lowest BCUT2D eigenvalue weighted by atomic mass is 9.78. The lowest BCUT2D eigenvalue weighted by Crippen LogP contribution is -2.46. The summed E-state index contributed by atoms with van der Waals surface area (Å²) in [6, 6.07) is 6.45. The lowest BCUT2D eigenvalue weighted by Gasteiger charge is -2.32. The summed E-state index contributed by atoms with van der Waals surface area (Å²) in [5.74, 6) is -1.27. The largest absolute Gasteiger partial charge is 0.494 e. The Morgan fingerprint density at radius 2 is 1.58 bits per heavy atom. The van der Waals surface area contributed by atoms with Crippen molar-refractivity contribution in [3.8, 4) is 0 Å². The van der Waals surface area contributed by atoms with Crippen molar-refractivity contribution in [3.63, 3.8) is 0 Å². The molecule has 2 aliphatic rings. The number of aliphatic carboxylic acids is 1. The van der Waals surface area contributed by atoms with E-state index in [4.69, 9.17) is 14.0 Å². The topological polar surface area (TPSA) is 123 Å². The number of benzene rings is 1. The van der Waals surface area contributed by atoms with Crippen LogP contribution in [0.4, 0.5) is 4.79 Å². The van der Waals surface area contributed by atoms with E-state index in [0.717, 1.165) is 23.9 Å². The van der Waals surface area contributed by atoms with Gasteiger partial charge in [0.15, 0.2) is 0 Å². The molecule has 1 aromatic rings. The molecule has 210 valence electrons. The number of amides is 2. The summed E-state index contributed by atoms with van der Waals surface area (Å²) < 4.78 is 17.4. The van der Waals surface area contributed by atoms with Crippen molar-refractivity contribution < 1.29 is 33.5 Å². The van der Waals surface area contributed by atoms with Gasteiger partial charge in [-0.1, -0.05) is 24.3 Å². The highest BCUT2D eigenvalue weighted by molar-refractivity contribution is 6.62. The molecule has 2 fully saturated rings. The standard InChI is InChI=1S/C28H43BN2O7/c1-26(2,3)36-25(35)30-17-19-8-12-20(13-9-19)23(32)31-22(24(33)34)16-18-10-14-21(15-11-18)29-37-27(4,5)28(6,7)38-29/h10-11,14-15,19-20,22H,8-9,12-13,16-17H2,1-7H3,(H,30,35)(H,31,32)(H,33,34)/t19?,20?,22-/m0/s1. The fourth-order valence-electron chi connectivity index (χ4n) is 4.69. The molecule has 0 aromatic heterocycles. The van der Waals surface area contributed by atoms with Crippen LogP contribution in [-0.4, -0.2) is 59.6 Å². The predicted molar refractivity (Wildman–Crippen MR) is 145 cm³/mol. The summed E-state index contributed by atoms with van der Waals surface area (Å²) in [6.45, 7) is 13.9. The van der Waals surface area contributed by atoms with Gasteiger partial charge < -0.3 is 29.8 Å². The highest BCUT2D eigenvalue weighted by Gasteiger charge is 2.51. The molecule has 10 heteroatoms. The first-order valence-corrected chi connectivity index (χ1v) is 13.5. The van der Waals surface area contributed by atoms with Crippen LogP contribution >= 0.6 is 0 Å². The van der Waals surface area contributed by atoms with Crippen molar-refractivity contribution in [2.75, 3.05) is 6.54 Å². The van der Waals surface area contributed by atoms with Crippen molar-refractivity contribution in [1.82, 2.24) is 10.6 Å². The third-order valence-electron chi connectivity index (χ3n) is 7.71. The van der Waals surface area contributed by atoms with E-state index in [-0.39, 0.29) is 24.2 Å². The summed E-state index contributed by atoms with van der Waals surface area (Å²) in [4.78, 5) is 36.7. The van der Waals surface area contributed by atoms with Crippen LogP contribution in [-0.2, 0) is 30.1 Å². The number of carboxylic acid groups (broad SMARTS) is 1. The molecule has 1 aliphatic heterocycles. The van der Waals surface area contributed by atoms with Gasteiger partial charge in [0.05, 0.1) is 11.2 Å². The molecule has 0 unspecified atom stereocenters. The van der Waals surface area contributed by atoms with Gasteiger partial charge in [-0.15, -0.1) is 0 Å². The van der Waals surface area contributed by atoms with Gasteiger partial charge in [-0.25, -0.2) is 9.59 Å². The van der Waals surface area contributed by atoms with Crippen molar-refractivity contribution in [1.29, 1.82) is 0 Å². The average molecular weight is 530 g/mol. The van der Waals surface area contributed by atoms with Gasteiger partial charge in [-0.2, -0.15) is 0 Å². The molecule has 1 aliphatic carbocycles. The van der Waals surface area contributed by atoms with Crippen LogP contribution < -0.4 is 16.1 Å². The number of rotatable bonds is 8. The zero-order chi connectivity index (χ0) is 28.3. The van der Waals surface area contributed by atoms with Gasteiger partial charge in [0, 0.05) is 18.9 Å².